The van der Waals surface area contributed by atoms with Crippen LogP contribution in [0.5, 0.6) is 17.4 Å². The van der Waals surface area contributed by atoms with Gasteiger partial charge in [-0.25, -0.2) is 4.98 Å². The zero-order chi connectivity index (χ0) is 23.7. The lowest BCUT2D eigenvalue weighted by Crippen LogP contribution is -2.45. The van der Waals surface area contributed by atoms with Crippen LogP contribution in [-0.4, -0.2) is 28.4 Å². The van der Waals surface area contributed by atoms with E-state index >= 15 is 0 Å². The summed E-state index contributed by atoms with van der Waals surface area (Å²) in [4.78, 5) is 41.0. The Morgan fingerprint density at radius 1 is 1.03 bits per heavy atom. The SMILES string of the molecule is CC(Oc1ccc(Oc2ccc(C(F)(F)F)cn2)cc1)C(=O)C1C(=O)CC(C)(C)CC1=O. The normalized spacial score (nSPS) is 17.7. The summed E-state index contributed by atoms with van der Waals surface area (Å²) in [6.45, 7) is 5.10. The number of carbonyl (C=O) groups is 3. The average molecular weight is 449 g/mol. The van der Waals surface area contributed by atoms with E-state index in [-0.39, 0.29) is 30.3 Å². The predicted molar refractivity (Wildman–Crippen MR) is 107 cm³/mol. The number of Topliss-reactive ketones (excluding diaryl/α,β-unsaturated/α-hetero) is 3. The Hall–Kier alpha value is -3.23. The number of aromatic nitrogens is 1. The highest BCUT2D eigenvalue weighted by Gasteiger charge is 2.45. The molecule has 1 aromatic heterocycles. The molecule has 32 heavy (non-hydrogen) atoms. The summed E-state index contributed by atoms with van der Waals surface area (Å²) in [6.07, 6.45) is -4.51. The molecular formula is C23H22F3NO5. The number of hydrogen-bond acceptors (Lipinski definition) is 6. The van der Waals surface area contributed by atoms with E-state index in [0.717, 1.165) is 12.1 Å². The maximum atomic E-state index is 12.7. The van der Waals surface area contributed by atoms with E-state index in [0.29, 0.717) is 17.7 Å². The Bertz CT molecular complexity index is 993. The number of ketones is 3. The quantitative estimate of drug-likeness (QED) is 0.589. The maximum Gasteiger partial charge on any atom is 0.417 e. The van der Waals surface area contributed by atoms with E-state index in [1.165, 1.54) is 31.2 Å². The molecule has 2 aromatic rings. The van der Waals surface area contributed by atoms with Crippen LogP contribution in [0.2, 0.25) is 0 Å². The van der Waals surface area contributed by atoms with Crippen molar-refractivity contribution in [2.24, 2.45) is 11.3 Å². The first kappa shape index (κ1) is 23.4. The van der Waals surface area contributed by atoms with Gasteiger partial charge in [0.05, 0.1) is 5.56 Å². The summed E-state index contributed by atoms with van der Waals surface area (Å²) in [6, 6.07) is 7.94. The van der Waals surface area contributed by atoms with Crippen molar-refractivity contribution in [3.05, 3.63) is 48.2 Å². The molecule has 1 unspecified atom stereocenters. The zero-order valence-corrected chi connectivity index (χ0v) is 17.7. The first-order valence-electron chi connectivity index (χ1n) is 9.93. The monoisotopic (exact) mass is 449 g/mol. The lowest BCUT2D eigenvalue weighted by atomic mass is 9.70. The molecule has 1 aromatic carbocycles. The van der Waals surface area contributed by atoms with Crippen LogP contribution < -0.4 is 9.47 Å². The van der Waals surface area contributed by atoms with Crippen molar-refractivity contribution in [3.8, 4) is 17.4 Å². The predicted octanol–water partition coefficient (Wildman–Crippen LogP) is 4.80. The number of ether oxygens (including phenoxy) is 2. The van der Waals surface area contributed by atoms with Gasteiger partial charge in [0.2, 0.25) is 5.88 Å². The Balaban J connectivity index is 1.61. The molecule has 0 spiro atoms. The lowest BCUT2D eigenvalue weighted by Gasteiger charge is -2.32. The topological polar surface area (TPSA) is 82.6 Å². The minimum absolute atomic E-state index is 0.0209. The van der Waals surface area contributed by atoms with Crippen molar-refractivity contribution in [2.75, 3.05) is 0 Å². The first-order valence-corrected chi connectivity index (χ1v) is 9.93. The summed E-state index contributed by atoms with van der Waals surface area (Å²) < 4.78 is 48.8. The maximum absolute atomic E-state index is 12.7. The Morgan fingerprint density at radius 2 is 1.59 bits per heavy atom. The molecule has 1 saturated carbocycles. The van der Waals surface area contributed by atoms with Crippen LogP contribution in [0.25, 0.3) is 0 Å². The van der Waals surface area contributed by atoms with E-state index in [1.54, 1.807) is 0 Å². The number of rotatable bonds is 6. The molecule has 1 aliphatic carbocycles. The highest BCUT2D eigenvalue weighted by molar-refractivity contribution is 6.21. The lowest BCUT2D eigenvalue weighted by molar-refractivity contribution is -0.147. The molecule has 0 N–H and O–H groups in total. The van der Waals surface area contributed by atoms with E-state index in [2.05, 4.69) is 4.98 Å². The van der Waals surface area contributed by atoms with Crippen LogP contribution in [-0.2, 0) is 20.6 Å². The molecule has 1 aliphatic rings. The minimum Gasteiger partial charge on any atom is -0.483 e. The highest BCUT2D eigenvalue weighted by atomic mass is 19.4. The van der Waals surface area contributed by atoms with Crippen LogP contribution in [0, 0.1) is 11.3 Å². The van der Waals surface area contributed by atoms with E-state index < -0.39 is 35.0 Å². The first-order chi connectivity index (χ1) is 14.9. The molecule has 0 saturated heterocycles. The molecule has 1 atom stereocenters. The highest BCUT2D eigenvalue weighted by Crippen LogP contribution is 2.35. The van der Waals surface area contributed by atoms with Crippen molar-refractivity contribution in [1.29, 1.82) is 0 Å². The van der Waals surface area contributed by atoms with Gasteiger partial charge in [-0.3, -0.25) is 14.4 Å². The second-order valence-electron chi connectivity index (χ2n) is 8.50. The van der Waals surface area contributed by atoms with Gasteiger partial charge in [-0.1, -0.05) is 13.8 Å². The Kier molecular flexibility index (Phi) is 6.39. The van der Waals surface area contributed by atoms with Crippen LogP contribution in [0.4, 0.5) is 13.2 Å². The molecule has 0 aliphatic heterocycles. The van der Waals surface area contributed by atoms with Crippen molar-refractivity contribution < 1.29 is 37.0 Å². The number of benzene rings is 1. The fraction of sp³-hybridized carbons (Fsp3) is 0.391. The number of hydrogen-bond donors (Lipinski definition) is 0. The van der Waals surface area contributed by atoms with Gasteiger partial charge in [-0.15, -0.1) is 0 Å². The summed E-state index contributed by atoms with van der Waals surface area (Å²) >= 11 is 0. The molecule has 6 nitrogen and oxygen atoms in total. The van der Waals surface area contributed by atoms with Gasteiger partial charge < -0.3 is 9.47 Å². The van der Waals surface area contributed by atoms with Crippen molar-refractivity contribution >= 4 is 17.3 Å². The standard InChI is InChI=1S/C23H22F3NO5/c1-13(21(30)20-17(28)10-22(2,3)11-18(20)29)31-15-5-7-16(8-6-15)32-19-9-4-14(12-27-19)23(24,25)26/h4-9,12-13,20H,10-11H2,1-3H3. The summed E-state index contributed by atoms with van der Waals surface area (Å²) in [7, 11) is 0. The zero-order valence-electron chi connectivity index (χ0n) is 17.7. The van der Waals surface area contributed by atoms with E-state index in [9.17, 15) is 27.6 Å². The molecule has 0 amide bonds. The number of halogens is 3. The second-order valence-corrected chi connectivity index (χ2v) is 8.50. The van der Waals surface area contributed by atoms with Gasteiger partial charge in [0.15, 0.2) is 23.5 Å². The van der Waals surface area contributed by atoms with Gasteiger partial charge in [-0.2, -0.15) is 13.2 Å². The van der Waals surface area contributed by atoms with Gasteiger partial charge in [0.1, 0.15) is 17.4 Å². The fourth-order valence-electron chi connectivity index (χ4n) is 3.52. The van der Waals surface area contributed by atoms with Crippen molar-refractivity contribution in [1.82, 2.24) is 4.98 Å². The fourth-order valence-corrected chi connectivity index (χ4v) is 3.52. The molecule has 1 fully saturated rings. The molecule has 1 heterocycles. The average Bonchev–Trinajstić information content (AvgIpc) is 2.67. The largest absolute Gasteiger partial charge is 0.483 e. The molecular weight excluding hydrogens is 427 g/mol. The van der Waals surface area contributed by atoms with Gasteiger partial charge in [0.25, 0.3) is 0 Å². The number of alkyl halides is 3. The van der Waals surface area contributed by atoms with Crippen LogP contribution in [0.3, 0.4) is 0 Å². The third-order valence-corrected chi connectivity index (χ3v) is 5.06. The Labute approximate surface area is 182 Å². The van der Waals surface area contributed by atoms with Crippen LogP contribution >= 0.6 is 0 Å². The smallest absolute Gasteiger partial charge is 0.417 e. The van der Waals surface area contributed by atoms with Crippen LogP contribution in [0.15, 0.2) is 42.6 Å². The number of pyridine rings is 1. The van der Waals surface area contributed by atoms with Crippen molar-refractivity contribution in [2.45, 2.75) is 45.9 Å². The van der Waals surface area contributed by atoms with E-state index in [1.807, 2.05) is 13.8 Å². The minimum atomic E-state index is -4.48. The summed E-state index contributed by atoms with van der Waals surface area (Å²) in [5.41, 5.74) is -1.34. The molecule has 0 radical (unpaired) electrons. The summed E-state index contributed by atoms with van der Waals surface area (Å²) in [5.74, 6) is -2.08. The summed E-state index contributed by atoms with van der Waals surface area (Å²) in [5, 5.41) is 0. The third-order valence-electron chi connectivity index (χ3n) is 5.06. The van der Waals surface area contributed by atoms with Gasteiger partial charge in [-0.05, 0) is 42.7 Å². The van der Waals surface area contributed by atoms with E-state index in [4.69, 9.17) is 9.47 Å². The molecule has 0 bridgehead atoms. The molecule has 170 valence electrons. The van der Waals surface area contributed by atoms with Gasteiger partial charge >= 0.3 is 6.18 Å². The molecule has 3 rings (SSSR count). The molecule has 9 heteroatoms. The van der Waals surface area contributed by atoms with Gasteiger partial charge in [0, 0.05) is 25.1 Å². The number of carbonyl (C=O) groups excluding carboxylic acids is 3. The van der Waals surface area contributed by atoms with Crippen LogP contribution in [0.1, 0.15) is 39.2 Å². The number of nitrogens with zero attached hydrogens (tertiary/aromatic N) is 1. The Morgan fingerprint density at radius 3 is 2.09 bits per heavy atom. The third kappa shape index (κ3) is 5.52. The second kappa shape index (κ2) is 8.72. The van der Waals surface area contributed by atoms with Crippen molar-refractivity contribution in [3.63, 3.8) is 0 Å².